The molecule has 3 rings (SSSR count). The monoisotopic (exact) mass is 286 g/mol. The number of hydrazine groups is 1. The van der Waals surface area contributed by atoms with Gasteiger partial charge >= 0.3 is 0 Å². The molecule has 1 heterocycles. The molecule has 112 valence electrons. The van der Waals surface area contributed by atoms with E-state index < -0.39 is 0 Å². The van der Waals surface area contributed by atoms with Crippen LogP contribution >= 0.6 is 0 Å². The Morgan fingerprint density at radius 3 is 2.76 bits per heavy atom. The van der Waals surface area contributed by atoms with Crippen LogP contribution in [0, 0.1) is 6.92 Å². The number of imidazole rings is 1. The molecule has 0 radical (unpaired) electrons. The normalized spacial score (nSPS) is 17.3. The van der Waals surface area contributed by atoms with Crippen LogP contribution in [0.3, 0.4) is 0 Å². The van der Waals surface area contributed by atoms with Crippen LogP contribution < -0.4 is 17.1 Å². The number of nitrogens with one attached hydrogen (secondary N) is 1. The zero-order chi connectivity index (χ0) is 14.8. The largest absolute Gasteiger partial charge is 0.325 e. The maximum Gasteiger partial charge on any atom is 0.166 e. The first-order chi connectivity index (χ1) is 10.2. The Morgan fingerprint density at radius 2 is 2.10 bits per heavy atom. The van der Waals surface area contributed by atoms with E-state index in [0.717, 1.165) is 16.9 Å². The van der Waals surface area contributed by atoms with Gasteiger partial charge in [-0.1, -0.05) is 19.3 Å². The van der Waals surface area contributed by atoms with Gasteiger partial charge in [0.2, 0.25) is 0 Å². The number of aromatic nitrogens is 2. The molecule has 0 unspecified atom stereocenters. The lowest BCUT2D eigenvalue weighted by Crippen LogP contribution is -2.32. The Kier molecular flexibility index (Phi) is 3.79. The van der Waals surface area contributed by atoms with E-state index in [9.17, 15) is 0 Å². The van der Waals surface area contributed by atoms with Crippen LogP contribution in [0.15, 0.2) is 23.3 Å². The number of amidine groups is 1. The molecule has 0 bridgehead atoms. The first-order valence-corrected chi connectivity index (χ1v) is 7.48. The molecule has 5 N–H and O–H groups in total. The van der Waals surface area contributed by atoms with Gasteiger partial charge < -0.3 is 15.8 Å². The van der Waals surface area contributed by atoms with Crippen LogP contribution in [0.1, 0.15) is 49.5 Å². The maximum absolute atomic E-state index is 5.42. The van der Waals surface area contributed by atoms with E-state index in [2.05, 4.69) is 28.1 Å². The Balaban J connectivity index is 2.05. The minimum absolute atomic E-state index is 0.460. The van der Waals surface area contributed by atoms with Gasteiger partial charge in [0, 0.05) is 11.6 Å². The summed E-state index contributed by atoms with van der Waals surface area (Å²) in [4.78, 5) is 4.70. The standard InChI is InChI=1S/C15H22N6/c1-10-18-13-9-11(15(19-16)20-17)7-8-14(13)21(10)12-5-3-2-4-6-12/h7-9,12H,2-6,16-17H2,1H3,(H,19,20). The third-order valence-electron chi connectivity index (χ3n) is 4.34. The van der Waals surface area contributed by atoms with Gasteiger partial charge in [-0.3, -0.25) is 0 Å². The number of hydrogen-bond acceptors (Lipinski definition) is 4. The van der Waals surface area contributed by atoms with Crippen molar-refractivity contribution in [2.24, 2.45) is 16.8 Å². The lowest BCUT2D eigenvalue weighted by Gasteiger charge is -2.25. The van der Waals surface area contributed by atoms with Crippen LogP contribution in [0.2, 0.25) is 0 Å². The van der Waals surface area contributed by atoms with E-state index in [4.69, 9.17) is 16.7 Å². The van der Waals surface area contributed by atoms with Crippen LogP contribution in [0.4, 0.5) is 0 Å². The first kappa shape index (κ1) is 13.9. The molecule has 2 aromatic rings. The molecular weight excluding hydrogens is 264 g/mol. The third kappa shape index (κ3) is 2.47. The van der Waals surface area contributed by atoms with E-state index in [1.165, 1.54) is 37.6 Å². The van der Waals surface area contributed by atoms with E-state index in [1.54, 1.807) is 0 Å². The second kappa shape index (κ2) is 5.73. The van der Waals surface area contributed by atoms with Gasteiger partial charge in [-0.05, 0) is 38.0 Å². The molecule has 1 saturated carbocycles. The van der Waals surface area contributed by atoms with Gasteiger partial charge in [-0.25, -0.2) is 10.8 Å². The molecule has 21 heavy (non-hydrogen) atoms. The predicted octanol–water partition coefficient (Wildman–Crippen LogP) is 1.93. The van der Waals surface area contributed by atoms with E-state index in [-0.39, 0.29) is 0 Å². The number of hydrogen-bond donors (Lipinski definition) is 3. The zero-order valence-electron chi connectivity index (χ0n) is 12.3. The highest BCUT2D eigenvalue weighted by atomic mass is 15.3. The summed E-state index contributed by atoms with van der Waals surface area (Å²) in [6, 6.07) is 6.62. The maximum atomic E-state index is 5.42. The van der Waals surface area contributed by atoms with Gasteiger partial charge in [0.25, 0.3) is 0 Å². The van der Waals surface area contributed by atoms with Crippen molar-refractivity contribution in [3.63, 3.8) is 0 Å². The van der Waals surface area contributed by atoms with Gasteiger partial charge in [0.15, 0.2) is 5.84 Å². The quantitative estimate of drug-likeness (QED) is 0.340. The number of hydrazone groups is 1. The summed E-state index contributed by atoms with van der Waals surface area (Å²) in [5.74, 6) is 12.3. The van der Waals surface area contributed by atoms with Crippen LogP contribution in [-0.2, 0) is 0 Å². The summed E-state index contributed by atoms with van der Waals surface area (Å²) in [5.41, 5.74) is 5.50. The minimum Gasteiger partial charge on any atom is -0.325 e. The summed E-state index contributed by atoms with van der Waals surface area (Å²) in [6.45, 7) is 2.08. The molecular formula is C15H22N6. The molecule has 1 aliphatic rings. The van der Waals surface area contributed by atoms with Crippen LogP contribution in [0.25, 0.3) is 11.0 Å². The van der Waals surface area contributed by atoms with Gasteiger partial charge in [-0.2, -0.15) is 5.10 Å². The molecule has 1 aliphatic carbocycles. The molecule has 6 nitrogen and oxygen atoms in total. The number of rotatable bonds is 2. The number of benzene rings is 1. The van der Waals surface area contributed by atoms with Crippen molar-refractivity contribution < 1.29 is 0 Å². The van der Waals surface area contributed by atoms with E-state index >= 15 is 0 Å². The molecule has 0 atom stereocenters. The lowest BCUT2D eigenvalue weighted by molar-refractivity contribution is 0.355. The van der Waals surface area contributed by atoms with Crippen LogP contribution in [-0.4, -0.2) is 15.4 Å². The fourth-order valence-electron chi connectivity index (χ4n) is 3.36. The van der Waals surface area contributed by atoms with Crippen molar-refractivity contribution in [1.29, 1.82) is 0 Å². The molecule has 6 heteroatoms. The van der Waals surface area contributed by atoms with Crippen molar-refractivity contribution in [3.8, 4) is 0 Å². The summed E-state index contributed by atoms with van der Waals surface area (Å²) in [6.07, 6.45) is 6.46. The van der Waals surface area contributed by atoms with Gasteiger partial charge in [0.1, 0.15) is 5.82 Å². The second-order valence-corrected chi connectivity index (χ2v) is 5.65. The molecule has 1 aromatic carbocycles. The average Bonchev–Trinajstić information content (AvgIpc) is 2.84. The topological polar surface area (TPSA) is 94.2 Å². The van der Waals surface area contributed by atoms with Crippen molar-refractivity contribution in [2.75, 3.05) is 0 Å². The minimum atomic E-state index is 0.460. The second-order valence-electron chi connectivity index (χ2n) is 5.65. The Morgan fingerprint density at radius 1 is 1.33 bits per heavy atom. The fraction of sp³-hybridized carbons (Fsp3) is 0.467. The Bertz CT molecular complexity index is 666. The number of aryl methyl sites for hydroxylation is 1. The molecule has 0 spiro atoms. The Hall–Kier alpha value is -2.08. The number of fused-ring (bicyclic) bond motifs is 1. The van der Waals surface area contributed by atoms with Crippen molar-refractivity contribution in [2.45, 2.75) is 45.1 Å². The number of nitrogens with two attached hydrogens (primary N) is 2. The highest BCUT2D eigenvalue weighted by Crippen LogP contribution is 2.32. The van der Waals surface area contributed by atoms with Gasteiger partial charge in [-0.15, -0.1) is 0 Å². The van der Waals surface area contributed by atoms with E-state index in [1.807, 2.05) is 12.1 Å². The summed E-state index contributed by atoms with van der Waals surface area (Å²) in [7, 11) is 0. The zero-order valence-corrected chi connectivity index (χ0v) is 12.3. The van der Waals surface area contributed by atoms with Gasteiger partial charge in [0.05, 0.1) is 11.0 Å². The fourth-order valence-corrected chi connectivity index (χ4v) is 3.36. The third-order valence-corrected chi connectivity index (χ3v) is 4.34. The van der Waals surface area contributed by atoms with Crippen molar-refractivity contribution in [1.82, 2.24) is 15.0 Å². The summed E-state index contributed by atoms with van der Waals surface area (Å²) >= 11 is 0. The number of nitrogens with zero attached hydrogens (tertiary/aromatic N) is 3. The molecule has 1 aromatic heterocycles. The smallest absolute Gasteiger partial charge is 0.166 e. The van der Waals surface area contributed by atoms with E-state index in [0.29, 0.717) is 11.9 Å². The summed E-state index contributed by atoms with van der Waals surface area (Å²) < 4.78 is 2.38. The van der Waals surface area contributed by atoms with Crippen molar-refractivity contribution >= 4 is 16.9 Å². The van der Waals surface area contributed by atoms with Crippen LogP contribution in [0.5, 0.6) is 0 Å². The lowest BCUT2D eigenvalue weighted by atomic mass is 9.95. The molecule has 1 fully saturated rings. The molecule has 0 amide bonds. The Labute approximate surface area is 124 Å². The summed E-state index contributed by atoms with van der Waals surface area (Å²) in [5, 5.41) is 3.65. The predicted molar refractivity (Wildman–Crippen MR) is 84.6 cm³/mol. The average molecular weight is 286 g/mol. The highest BCUT2D eigenvalue weighted by molar-refractivity contribution is 6.00. The van der Waals surface area contributed by atoms with Crippen molar-refractivity contribution in [3.05, 3.63) is 29.6 Å². The first-order valence-electron chi connectivity index (χ1n) is 7.48. The SMILES string of the molecule is Cc1nc2cc(/C(=N/N)NN)ccc2n1C1CCCCC1. The molecule has 0 saturated heterocycles. The highest BCUT2D eigenvalue weighted by Gasteiger charge is 2.20. The molecule has 0 aliphatic heterocycles.